The molecule has 2 rings (SSSR count). The third kappa shape index (κ3) is 2.86. The SMILES string of the molecule is Cc1ccc(C(N)=O)c(NC2CCCC2C(=O)O)c1. The number of carboxylic acid groups (broad SMARTS) is 1. The van der Waals surface area contributed by atoms with Crippen molar-refractivity contribution in [1.29, 1.82) is 0 Å². The average Bonchev–Trinajstić information content (AvgIpc) is 2.76. The summed E-state index contributed by atoms with van der Waals surface area (Å²) in [6, 6.07) is 5.17. The molecule has 0 aromatic heterocycles. The lowest BCUT2D eigenvalue weighted by molar-refractivity contribution is -0.141. The predicted molar refractivity (Wildman–Crippen MR) is 72.1 cm³/mol. The molecule has 5 heteroatoms. The van der Waals surface area contributed by atoms with Crippen LogP contribution in [0.3, 0.4) is 0 Å². The number of nitrogens with one attached hydrogen (secondary N) is 1. The number of carbonyl (C=O) groups is 2. The predicted octanol–water partition coefficient (Wildman–Crippen LogP) is 1.76. The molecule has 1 aliphatic carbocycles. The van der Waals surface area contributed by atoms with Crippen LogP contribution in [0.15, 0.2) is 18.2 Å². The fourth-order valence-electron chi connectivity index (χ4n) is 2.62. The lowest BCUT2D eigenvalue weighted by Crippen LogP contribution is -2.30. The van der Waals surface area contributed by atoms with E-state index in [-0.39, 0.29) is 6.04 Å². The van der Waals surface area contributed by atoms with Gasteiger partial charge in [-0.05, 0) is 37.5 Å². The molecule has 0 spiro atoms. The number of aryl methyl sites for hydroxylation is 1. The molecule has 0 bridgehead atoms. The van der Waals surface area contributed by atoms with E-state index in [1.807, 2.05) is 19.1 Å². The highest BCUT2D eigenvalue weighted by Gasteiger charge is 2.33. The molecule has 0 aliphatic heterocycles. The zero-order valence-electron chi connectivity index (χ0n) is 10.8. The van der Waals surface area contributed by atoms with Crippen LogP contribution in [0.4, 0.5) is 5.69 Å². The van der Waals surface area contributed by atoms with Gasteiger partial charge in [-0.15, -0.1) is 0 Å². The molecule has 2 atom stereocenters. The van der Waals surface area contributed by atoms with Gasteiger partial charge in [0, 0.05) is 11.7 Å². The molecule has 1 aliphatic rings. The Kier molecular flexibility index (Phi) is 3.74. The van der Waals surface area contributed by atoms with Gasteiger partial charge in [-0.1, -0.05) is 12.5 Å². The van der Waals surface area contributed by atoms with Crippen LogP contribution in [0, 0.1) is 12.8 Å². The van der Waals surface area contributed by atoms with E-state index in [2.05, 4.69) is 5.32 Å². The van der Waals surface area contributed by atoms with Gasteiger partial charge in [-0.2, -0.15) is 0 Å². The fourth-order valence-corrected chi connectivity index (χ4v) is 2.62. The minimum Gasteiger partial charge on any atom is -0.481 e. The summed E-state index contributed by atoms with van der Waals surface area (Å²) < 4.78 is 0. The molecule has 1 aromatic carbocycles. The number of carbonyl (C=O) groups excluding carboxylic acids is 1. The maximum absolute atomic E-state index is 11.4. The maximum atomic E-state index is 11.4. The summed E-state index contributed by atoms with van der Waals surface area (Å²) in [5.74, 6) is -1.70. The first-order chi connectivity index (χ1) is 8.99. The molecular formula is C14H18N2O3. The zero-order valence-corrected chi connectivity index (χ0v) is 10.8. The van der Waals surface area contributed by atoms with Gasteiger partial charge in [-0.3, -0.25) is 9.59 Å². The van der Waals surface area contributed by atoms with Crippen molar-refractivity contribution >= 4 is 17.6 Å². The number of anilines is 1. The van der Waals surface area contributed by atoms with Gasteiger partial charge in [0.1, 0.15) is 0 Å². The van der Waals surface area contributed by atoms with Crippen LogP contribution in [0.2, 0.25) is 0 Å². The monoisotopic (exact) mass is 262 g/mol. The fraction of sp³-hybridized carbons (Fsp3) is 0.429. The smallest absolute Gasteiger partial charge is 0.308 e. The quantitative estimate of drug-likeness (QED) is 0.770. The van der Waals surface area contributed by atoms with Crippen LogP contribution in [-0.4, -0.2) is 23.0 Å². The lowest BCUT2D eigenvalue weighted by Gasteiger charge is -2.20. The summed E-state index contributed by atoms with van der Waals surface area (Å²) in [4.78, 5) is 22.5. The number of amides is 1. The van der Waals surface area contributed by atoms with E-state index >= 15 is 0 Å². The van der Waals surface area contributed by atoms with E-state index in [9.17, 15) is 9.59 Å². The van der Waals surface area contributed by atoms with Crippen molar-refractivity contribution in [2.45, 2.75) is 32.2 Å². The number of aliphatic carboxylic acids is 1. The van der Waals surface area contributed by atoms with E-state index in [1.165, 1.54) is 0 Å². The van der Waals surface area contributed by atoms with Gasteiger partial charge < -0.3 is 16.2 Å². The number of rotatable bonds is 4. The molecule has 4 N–H and O–H groups in total. The van der Waals surface area contributed by atoms with Crippen molar-refractivity contribution in [3.05, 3.63) is 29.3 Å². The van der Waals surface area contributed by atoms with Crippen LogP contribution in [0.5, 0.6) is 0 Å². The molecule has 19 heavy (non-hydrogen) atoms. The van der Waals surface area contributed by atoms with Crippen LogP contribution in [0.1, 0.15) is 35.2 Å². The maximum Gasteiger partial charge on any atom is 0.308 e. The number of hydrogen-bond acceptors (Lipinski definition) is 3. The Balaban J connectivity index is 2.25. The second kappa shape index (κ2) is 5.30. The Labute approximate surface area is 111 Å². The van der Waals surface area contributed by atoms with Crippen molar-refractivity contribution in [1.82, 2.24) is 0 Å². The largest absolute Gasteiger partial charge is 0.481 e. The highest BCUT2D eigenvalue weighted by molar-refractivity contribution is 5.98. The third-order valence-corrected chi connectivity index (χ3v) is 3.61. The number of carboxylic acids is 1. The van der Waals surface area contributed by atoms with E-state index in [4.69, 9.17) is 10.8 Å². The van der Waals surface area contributed by atoms with Crippen molar-refractivity contribution in [3.63, 3.8) is 0 Å². The minimum absolute atomic E-state index is 0.141. The summed E-state index contributed by atoms with van der Waals surface area (Å²) in [6.07, 6.45) is 2.35. The molecule has 1 amide bonds. The summed E-state index contributed by atoms with van der Waals surface area (Å²) >= 11 is 0. The molecule has 0 heterocycles. The van der Waals surface area contributed by atoms with Gasteiger partial charge in [0.05, 0.1) is 11.5 Å². The Morgan fingerprint density at radius 3 is 2.74 bits per heavy atom. The van der Waals surface area contributed by atoms with Gasteiger partial charge in [-0.25, -0.2) is 0 Å². The summed E-state index contributed by atoms with van der Waals surface area (Å²) in [7, 11) is 0. The Bertz CT molecular complexity index is 513. The highest BCUT2D eigenvalue weighted by Crippen LogP contribution is 2.30. The first-order valence-corrected chi connectivity index (χ1v) is 6.39. The summed E-state index contributed by atoms with van der Waals surface area (Å²) in [6.45, 7) is 1.92. The average molecular weight is 262 g/mol. The topological polar surface area (TPSA) is 92.4 Å². The molecular weight excluding hydrogens is 244 g/mol. The first kappa shape index (κ1) is 13.4. The molecule has 102 valence electrons. The van der Waals surface area contributed by atoms with E-state index in [0.717, 1.165) is 18.4 Å². The number of hydrogen-bond donors (Lipinski definition) is 3. The zero-order chi connectivity index (χ0) is 14.0. The standard InChI is InChI=1S/C14H18N2O3/c1-8-5-6-9(13(15)17)12(7-8)16-11-4-2-3-10(11)14(18)19/h5-7,10-11,16H,2-4H2,1H3,(H2,15,17)(H,18,19). The van der Waals surface area contributed by atoms with Crippen molar-refractivity contribution in [2.75, 3.05) is 5.32 Å². The lowest BCUT2D eigenvalue weighted by atomic mass is 10.0. The Hall–Kier alpha value is -2.04. The Morgan fingerprint density at radius 2 is 2.11 bits per heavy atom. The highest BCUT2D eigenvalue weighted by atomic mass is 16.4. The van der Waals surface area contributed by atoms with Crippen molar-refractivity contribution in [2.24, 2.45) is 11.7 Å². The van der Waals surface area contributed by atoms with Crippen LogP contribution in [0.25, 0.3) is 0 Å². The minimum atomic E-state index is -0.789. The van der Waals surface area contributed by atoms with Crippen LogP contribution < -0.4 is 11.1 Å². The van der Waals surface area contributed by atoms with E-state index in [0.29, 0.717) is 17.7 Å². The summed E-state index contributed by atoms with van der Waals surface area (Å²) in [5, 5.41) is 12.3. The molecule has 1 saturated carbocycles. The van der Waals surface area contributed by atoms with Gasteiger partial charge in [0.15, 0.2) is 0 Å². The second-order valence-electron chi connectivity index (χ2n) is 5.04. The second-order valence-corrected chi connectivity index (χ2v) is 5.04. The van der Waals surface area contributed by atoms with E-state index in [1.54, 1.807) is 6.07 Å². The number of primary amides is 1. The van der Waals surface area contributed by atoms with Crippen LogP contribution >= 0.6 is 0 Å². The van der Waals surface area contributed by atoms with Gasteiger partial charge in [0.25, 0.3) is 5.91 Å². The number of nitrogens with two attached hydrogens (primary N) is 1. The van der Waals surface area contributed by atoms with Crippen molar-refractivity contribution < 1.29 is 14.7 Å². The third-order valence-electron chi connectivity index (χ3n) is 3.61. The first-order valence-electron chi connectivity index (χ1n) is 6.39. The van der Waals surface area contributed by atoms with E-state index < -0.39 is 17.8 Å². The molecule has 0 saturated heterocycles. The van der Waals surface area contributed by atoms with Gasteiger partial charge >= 0.3 is 5.97 Å². The number of benzene rings is 1. The van der Waals surface area contributed by atoms with Gasteiger partial charge in [0.2, 0.25) is 0 Å². The molecule has 5 nitrogen and oxygen atoms in total. The van der Waals surface area contributed by atoms with Crippen LogP contribution in [-0.2, 0) is 4.79 Å². The van der Waals surface area contributed by atoms with Crippen molar-refractivity contribution in [3.8, 4) is 0 Å². The molecule has 1 aromatic rings. The molecule has 2 unspecified atom stereocenters. The molecule has 0 radical (unpaired) electrons. The molecule has 1 fully saturated rings. The summed E-state index contributed by atoms with van der Waals surface area (Å²) in [5.41, 5.74) is 7.37. The normalized spacial score (nSPS) is 22.2. The Morgan fingerprint density at radius 1 is 1.37 bits per heavy atom.